The minimum atomic E-state index is -0.161. The van der Waals surface area contributed by atoms with Gasteiger partial charge in [0, 0.05) is 28.6 Å². The third kappa shape index (κ3) is 4.70. The normalized spacial score (nSPS) is 10.5. The van der Waals surface area contributed by atoms with Crippen LogP contribution in [0.2, 0.25) is 0 Å². The minimum Gasteiger partial charge on any atom is -0.340 e. The van der Waals surface area contributed by atoms with E-state index in [0.29, 0.717) is 17.2 Å². The van der Waals surface area contributed by atoms with E-state index >= 15 is 0 Å². The van der Waals surface area contributed by atoms with E-state index in [4.69, 9.17) is 0 Å². The van der Waals surface area contributed by atoms with E-state index in [0.717, 1.165) is 28.2 Å². The van der Waals surface area contributed by atoms with Gasteiger partial charge in [-0.1, -0.05) is 54.1 Å². The first-order valence-electron chi connectivity index (χ1n) is 9.73. The molecule has 0 unspecified atom stereocenters. The van der Waals surface area contributed by atoms with Gasteiger partial charge in [0.1, 0.15) is 11.6 Å². The Morgan fingerprint density at radius 1 is 0.767 bits per heavy atom. The van der Waals surface area contributed by atoms with Crippen LogP contribution in [-0.4, -0.2) is 15.9 Å². The smallest absolute Gasteiger partial charge is 0.255 e. The lowest BCUT2D eigenvalue weighted by Gasteiger charge is -2.11. The van der Waals surface area contributed by atoms with Crippen LogP contribution in [0.25, 0.3) is 11.3 Å². The van der Waals surface area contributed by atoms with Crippen molar-refractivity contribution in [3.05, 3.63) is 102 Å². The van der Waals surface area contributed by atoms with Crippen LogP contribution in [0.3, 0.4) is 0 Å². The average molecular weight is 394 g/mol. The molecule has 0 aliphatic rings. The van der Waals surface area contributed by atoms with E-state index < -0.39 is 0 Å². The van der Waals surface area contributed by atoms with Crippen LogP contribution in [0, 0.1) is 13.8 Å². The fourth-order valence-corrected chi connectivity index (χ4v) is 3.11. The van der Waals surface area contributed by atoms with Gasteiger partial charge in [-0.3, -0.25) is 4.79 Å². The third-order valence-corrected chi connectivity index (χ3v) is 4.61. The zero-order valence-electron chi connectivity index (χ0n) is 16.9. The summed E-state index contributed by atoms with van der Waals surface area (Å²) in [6, 6.07) is 26.9. The zero-order chi connectivity index (χ0) is 20.9. The molecule has 0 saturated carbocycles. The SMILES string of the molecule is Cc1ccc(NC(=O)c2cccc(Nc3cc(-c4ccccc4)nc(C)n3)c2)cc1. The van der Waals surface area contributed by atoms with Crippen LogP contribution in [-0.2, 0) is 0 Å². The van der Waals surface area contributed by atoms with E-state index in [9.17, 15) is 4.79 Å². The number of amides is 1. The van der Waals surface area contributed by atoms with E-state index in [1.807, 2.05) is 92.7 Å². The number of hydrogen-bond donors (Lipinski definition) is 2. The number of carbonyl (C=O) groups is 1. The van der Waals surface area contributed by atoms with Gasteiger partial charge in [0.2, 0.25) is 0 Å². The quantitative estimate of drug-likeness (QED) is 0.452. The summed E-state index contributed by atoms with van der Waals surface area (Å²) in [5.74, 6) is 1.19. The Morgan fingerprint density at radius 3 is 2.30 bits per heavy atom. The minimum absolute atomic E-state index is 0.161. The number of hydrogen-bond acceptors (Lipinski definition) is 4. The molecule has 4 aromatic rings. The summed E-state index contributed by atoms with van der Waals surface area (Å²) >= 11 is 0. The van der Waals surface area contributed by atoms with Crippen LogP contribution in [0.5, 0.6) is 0 Å². The molecule has 0 aliphatic heterocycles. The number of nitrogens with one attached hydrogen (secondary N) is 2. The van der Waals surface area contributed by atoms with Crippen molar-refractivity contribution in [2.45, 2.75) is 13.8 Å². The van der Waals surface area contributed by atoms with Crippen molar-refractivity contribution in [3.8, 4) is 11.3 Å². The van der Waals surface area contributed by atoms with E-state index in [1.54, 1.807) is 6.07 Å². The van der Waals surface area contributed by atoms with Crippen LogP contribution in [0.4, 0.5) is 17.2 Å². The molecule has 1 aromatic heterocycles. The van der Waals surface area contributed by atoms with Gasteiger partial charge in [-0.2, -0.15) is 0 Å². The molecule has 148 valence electrons. The van der Waals surface area contributed by atoms with Crippen LogP contribution in [0.15, 0.2) is 84.9 Å². The first-order chi connectivity index (χ1) is 14.6. The molecular weight excluding hydrogens is 372 g/mol. The first-order valence-corrected chi connectivity index (χ1v) is 9.73. The van der Waals surface area contributed by atoms with Crippen molar-refractivity contribution >= 4 is 23.1 Å². The van der Waals surface area contributed by atoms with Gasteiger partial charge in [0.05, 0.1) is 5.69 Å². The molecule has 0 saturated heterocycles. The third-order valence-electron chi connectivity index (χ3n) is 4.61. The highest BCUT2D eigenvalue weighted by Gasteiger charge is 2.09. The lowest BCUT2D eigenvalue weighted by atomic mass is 10.1. The summed E-state index contributed by atoms with van der Waals surface area (Å²) in [7, 11) is 0. The van der Waals surface area contributed by atoms with Crippen molar-refractivity contribution in [1.29, 1.82) is 0 Å². The number of aryl methyl sites for hydroxylation is 2. The molecule has 30 heavy (non-hydrogen) atoms. The topological polar surface area (TPSA) is 66.9 Å². The van der Waals surface area contributed by atoms with E-state index in [1.165, 1.54) is 0 Å². The monoisotopic (exact) mass is 394 g/mol. The second kappa shape index (κ2) is 8.57. The largest absolute Gasteiger partial charge is 0.340 e. The Kier molecular flexibility index (Phi) is 5.52. The standard InChI is InChI=1S/C25H22N4O/c1-17-11-13-21(14-12-17)29-25(30)20-9-6-10-22(15-20)28-24-16-23(26-18(2)27-24)19-7-4-3-5-8-19/h3-16H,1-2H3,(H,29,30)(H,26,27,28). The van der Waals surface area contributed by atoms with Crippen LogP contribution < -0.4 is 10.6 Å². The van der Waals surface area contributed by atoms with Crippen LogP contribution >= 0.6 is 0 Å². The predicted molar refractivity (Wildman–Crippen MR) is 121 cm³/mol. The van der Waals surface area contributed by atoms with E-state index in [-0.39, 0.29) is 5.91 Å². The molecule has 0 bridgehead atoms. The second-order valence-electron chi connectivity index (χ2n) is 7.08. The number of anilines is 3. The molecule has 1 heterocycles. The Labute approximate surface area is 175 Å². The summed E-state index contributed by atoms with van der Waals surface area (Å²) in [5, 5.41) is 6.21. The fraction of sp³-hybridized carbons (Fsp3) is 0.0800. The number of nitrogens with zero attached hydrogens (tertiary/aromatic N) is 2. The summed E-state index contributed by atoms with van der Waals surface area (Å²) < 4.78 is 0. The van der Waals surface area contributed by atoms with Gasteiger partial charge in [0.25, 0.3) is 5.91 Å². The maximum Gasteiger partial charge on any atom is 0.255 e. The number of carbonyl (C=O) groups excluding carboxylic acids is 1. The molecule has 5 nitrogen and oxygen atoms in total. The molecule has 0 atom stereocenters. The molecule has 0 aliphatic carbocycles. The maximum atomic E-state index is 12.6. The van der Waals surface area contributed by atoms with Crippen molar-refractivity contribution < 1.29 is 4.79 Å². The fourth-order valence-electron chi connectivity index (χ4n) is 3.11. The first kappa shape index (κ1) is 19.3. The summed E-state index contributed by atoms with van der Waals surface area (Å²) in [5.41, 5.74) is 5.13. The van der Waals surface area contributed by atoms with Crippen molar-refractivity contribution in [1.82, 2.24) is 9.97 Å². The van der Waals surface area contributed by atoms with Gasteiger partial charge in [-0.15, -0.1) is 0 Å². The molecule has 0 fully saturated rings. The lowest BCUT2D eigenvalue weighted by molar-refractivity contribution is 0.102. The van der Waals surface area contributed by atoms with Crippen molar-refractivity contribution in [3.63, 3.8) is 0 Å². The molecular formula is C25H22N4O. The summed E-state index contributed by atoms with van der Waals surface area (Å²) in [6.07, 6.45) is 0. The molecule has 2 N–H and O–H groups in total. The van der Waals surface area contributed by atoms with Crippen molar-refractivity contribution in [2.75, 3.05) is 10.6 Å². The van der Waals surface area contributed by atoms with Gasteiger partial charge in [-0.25, -0.2) is 9.97 Å². The molecule has 0 radical (unpaired) electrons. The highest BCUT2D eigenvalue weighted by molar-refractivity contribution is 6.04. The highest BCUT2D eigenvalue weighted by Crippen LogP contribution is 2.23. The Hall–Kier alpha value is -3.99. The molecule has 4 rings (SSSR count). The van der Waals surface area contributed by atoms with Crippen molar-refractivity contribution in [2.24, 2.45) is 0 Å². The molecule has 0 spiro atoms. The summed E-state index contributed by atoms with van der Waals surface area (Å²) in [4.78, 5) is 21.6. The van der Waals surface area contributed by atoms with Gasteiger partial charge < -0.3 is 10.6 Å². The average Bonchev–Trinajstić information content (AvgIpc) is 2.76. The Balaban J connectivity index is 1.54. The highest BCUT2D eigenvalue weighted by atomic mass is 16.1. The number of aromatic nitrogens is 2. The molecule has 3 aromatic carbocycles. The summed E-state index contributed by atoms with van der Waals surface area (Å²) in [6.45, 7) is 3.88. The molecule has 1 amide bonds. The Bertz CT molecular complexity index is 1170. The second-order valence-corrected chi connectivity index (χ2v) is 7.08. The van der Waals surface area contributed by atoms with Crippen LogP contribution in [0.1, 0.15) is 21.7 Å². The number of benzene rings is 3. The van der Waals surface area contributed by atoms with Gasteiger partial charge in [0.15, 0.2) is 0 Å². The van der Waals surface area contributed by atoms with E-state index in [2.05, 4.69) is 20.6 Å². The lowest BCUT2D eigenvalue weighted by Crippen LogP contribution is -2.12. The van der Waals surface area contributed by atoms with Gasteiger partial charge >= 0.3 is 0 Å². The Morgan fingerprint density at radius 2 is 1.53 bits per heavy atom. The maximum absolute atomic E-state index is 12.6. The predicted octanol–water partition coefficient (Wildman–Crippen LogP) is 5.76. The van der Waals surface area contributed by atoms with Gasteiger partial charge in [-0.05, 0) is 44.2 Å². The molecule has 5 heteroatoms. The number of rotatable bonds is 5. The zero-order valence-corrected chi connectivity index (χ0v) is 16.9.